The van der Waals surface area contributed by atoms with Crippen molar-refractivity contribution in [3.8, 4) is 0 Å². The van der Waals surface area contributed by atoms with Crippen molar-refractivity contribution in [1.82, 2.24) is 20.2 Å². The second kappa shape index (κ2) is 6.41. The molecule has 0 saturated heterocycles. The maximum atomic E-state index is 4.41. The van der Waals surface area contributed by atoms with Gasteiger partial charge in [0, 0.05) is 23.8 Å². The summed E-state index contributed by atoms with van der Waals surface area (Å²) in [7, 11) is 0. The van der Waals surface area contributed by atoms with Crippen molar-refractivity contribution in [2.24, 2.45) is 0 Å². The van der Waals surface area contributed by atoms with E-state index in [0.717, 1.165) is 16.6 Å². The third-order valence-corrected chi connectivity index (χ3v) is 3.83. The third-order valence-electron chi connectivity index (χ3n) is 2.90. The van der Waals surface area contributed by atoms with Gasteiger partial charge in [-0.1, -0.05) is 29.5 Å². The number of anilines is 2. The quantitative estimate of drug-likeness (QED) is 0.705. The number of aromatic nitrogens is 4. The average molecular weight is 297 g/mol. The molecule has 1 aromatic carbocycles. The molecule has 0 atom stereocenters. The van der Waals surface area contributed by atoms with Crippen molar-refractivity contribution in [2.75, 3.05) is 5.32 Å². The molecule has 0 aliphatic carbocycles. The van der Waals surface area contributed by atoms with E-state index in [-0.39, 0.29) is 0 Å². The molecule has 3 aromatic rings. The fourth-order valence-corrected chi connectivity index (χ4v) is 2.52. The highest BCUT2D eigenvalue weighted by Gasteiger charge is 2.04. The van der Waals surface area contributed by atoms with E-state index >= 15 is 0 Å². The highest BCUT2D eigenvalue weighted by atomic mass is 32.2. The smallest absolute Gasteiger partial charge is 0.247 e. The third kappa shape index (κ3) is 3.82. The molecule has 21 heavy (non-hydrogen) atoms. The summed E-state index contributed by atoms with van der Waals surface area (Å²) in [6, 6.07) is 12.1. The van der Waals surface area contributed by atoms with Gasteiger partial charge in [0.1, 0.15) is 0 Å². The fraction of sp³-hybridized carbons (Fsp3) is 0.133. The van der Waals surface area contributed by atoms with Crippen LogP contribution in [0.3, 0.4) is 0 Å². The van der Waals surface area contributed by atoms with Crippen LogP contribution < -0.4 is 5.32 Å². The van der Waals surface area contributed by atoms with Gasteiger partial charge in [0.05, 0.1) is 0 Å². The summed E-state index contributed by atoms with van der Waals surface area (Å²) in [4.78, 5) is 8.42. The Morgan fingerprint density at radius 1 is 1.10 bits per heavy atom. The molecule has 0 fully saturated rings. The number of nitrogens with one attached hydrogen (secondary N) is 2. The lowest BCUT2D eigenvalue weighted by Gasteiger charge is -2.01. The van der Waals surface area contributed by atoms with Gasteiger partial charge in [0.25, 0.3) is 0 Å². The van der Waals surface area contributed by atoms with Crippen molar-refractivity contribution >= 4 is 23.4 Å². The molecule has 106 valence electrons. The number of benzene rings is 1. The van der Waals surface area contributed by atoms with E-state index < -0.39 is 0 Å². The molecule has 2 aromatic heterocycles. The van der Waals surface area contributed by atoms with Crippen LogP contribution in [0.4, 0.5) is 11.6 Å². The van der Waals surface area contributed by atoms with Gasteiger partial charge in [-0.3, -0.25) is 10.1 Å². The van der Waals surface area contributed by atoms with Crippen LogP contribution in [0.25, 0.3) is 0 Å². The molecule has 0 aliphatic heterocycles. The SMILES string of the molecule is Cc1ccc(Nc2n[nH]c(SCc3ccncc3)n2)cc1. The van der Waals surface area contributed by atoms with E-state index in [9.17, 15) is 0 Å². The van der Waals surface area contributed by atoms with Crippen molar-refractivity contribution in [1.29, 1.82) is 0 Å². The van der Waals surface area contributed by atoms with E-state index in [4.69, 9.17) is 0 Å². The first-order chi connectivity index (χ1) is 10.3. The summed E-state index contributed by atoms with van der Waals surface area (Å²) >= 11 is 1.61. The minimum atomic E-state index is 0.580. The van der Waals surface area contributed by atoms with Gasteiger partial charge in [-0.25, -0.2) is 0 Å². The van der Waals surface area contributed by atoms with Crippen LogP contribution in [-0.4, -0.2) is 20.2 Å². The largest absolute Gasteiger partial charge is 0.323 e. The molecule has 3 rings (SSSR count). The van der Waals surface area contributed by atoms with E-state index in [2.05, 4.69) is 32.4 Å². The van der Waals surface area contributed by atoms with Gasteiger partial charge in [-0.05, 0) is 36.8 Å². The standard InChI is InChI=1S/C15H15N5S/c1-11-2-4-13(5-3-11)17-14-18-15(20-19-14)21-10-12-6-8-16-9-7-12/h2-9H,10H2,1H3,(H2,17,18,19,20). The molecule has 0 aliphatic rings. The predicted molar refractivity (Wildman–Crippen MR) is 84.6 cm³/mol. The predicted octanol–water partition coefficient (Wildman–Crippen LogP) is 3.54. The second-order valence-electron chi connectivity index (χ2n) is 4.60. The lowest BCUT2D eigenvalue weighted by Crippen LogP contribution is -1.92. The first kappa shape index (κ1) is 13.6. The average Bonchev–Trinajstić information content (AvgIpc) is 2.96. The number of hydrogen-bond donors (Lipinski definition) is 2. The zero-order valence-electron chi connectivity index (χ0n) is 11.6. The summed E-state index contributed by atoms with van der Waals surface area (Å²) in [5, 5.41) is 11.1. The summed E-state index contributed by atoms with van der Waals surface area (Å²) in [5.41, 5.74) is 3.41. The lowest BCUT2D eigenvalue weighted by molar-refractivity contribution is 0.973. The number of nitrogens with zero attached hydrogens (tertiary/aromatic N) is 3. The number of H-pyrrole nitrogens is 1. The lowest BCUT2D eigenvalue weighted by atomic mass is 10.2. The number of hydrogen-bond acceptors (Lipinski definition) is 5. The van der Waals surface area contributed by atoms with E-state index in [0.29, 0.717) is 5.95 Å². The Kier molecular flexibility index (Phi) is 4.16. The minimum absolute atomic E-state index is 0.580. The Hall–Kier alpha value is -2.34. The second-order valence-corrected chi connectivity index (χ2v) is 5.56. The molecule has 0 amide bonds. The number of pyridine rings is 1. The number of thioether (sulfide) groups is 1. The molecule has 0 unspecified atom stereocenters. The Bertz CT molecular complexity index is 694. The molecule has 5 nitrogen and oxygen atoms in total. The topological polar surface area (TPSA) is 66.5 Å². The van der Waals surface area contributed by atoms with Crippen LogP contribution in [0.1, 0.15) is 11.1 Å². The molecule has 6 heteroatoms. The molecule has 0 spiro atoms. The first-order valence-corrected chi connectivity index (χ1v) is 7.56. The zero-order chi connectivity index (χ0) is 14.5. The Morgan fingerprint density at radius 3 is 2.62 bits per heavy atom. The Labute approximate surface area is 127 Å². The van der Waals surface area contributed by atoms with Gasteiger partial charge < -0.3 is 5.32 Å². The van der Waals surface area contributed by atoms with Crippen LogP contribution in [0.5, 0.6) is 0 Å². The molecule has 0 saturated carbocycles. The maximum absolute atomic E-state index is 4.41. The van der Waals surface area contributed by atoms with Crippen LogP contribution in [0.15, 0.2) is 53.9 Å². The van der Waals surface area contributed by atoms with Crippen molar-refractivity contribution in [3.63, 3.8) is 0 Å². The van der Waals surface area contributed by atoms with E-state index in [1.165, 1.54) is 11.1 Å². The maximum Gasteiger partial charge on any atom is 0.247 e. The van der Waals surface area contributed by atoms with Crippen molar-refractivity contribution in [2.45, 2.75) is 17.8 Å². The summed E-state index contributed by atoms with van der Waals surface area (Å²) < 4.78 is 0. The number of aromatic amines is 1. The molecule has 0 radical (unpaired) electrons. The minimum Gasteiger partial charge on any atom is -0.323 e. The van der Waals surface area contributed by atoms with Crippen LogP contribution in [0, 0.1) is 6.92 Å². The highest BCUT2D eigenvalue weighted by Crippen LogP contribution is 2.21. The van der Waals surface area contributed by atoms with Crippen LogP contribution in [0.2, 0.25) is 0 Å². The Balaban J connectivity index is 1.59. The first-order valence-electron chi connectivity index (χ1n) is 6.57. The van der Waals surface area contributed by atoms with Gasteiger partial charge in [0.2, 0.25) is 5.95 Å². The molecular weight excluding hydrogens is 282 g/mol. The zero-order valence-corrected chi connectivity index (χ0v) is 12.4. The van der Waals surface area contributed by atoms with Crippen molar-refractivity contribution < 1.29 is 0 Å². The summed E-state index contributed by atoms with van der Waals surface area (Å²) in [6.45, 7) is 2.06. The van der Waals surface area contributed by atoms with Gasteiger partial charge >= 0.3 is 0 Å². The summed E-state index contributed by atoms with van der Waals surface area (Å²) in [6.07, 6.45) is 3.58. The number of rotatable bonds is 5. The van der Waals surface area contributed by atoms with Gasteiger partial charge in [-0.2, -0.15) is 4.98 Å². The molecular formula is C15H15N5S. The molecule has 0 bridgehead atoms. The van der Waals surface area contributed by atoms with Crippen LogP contribution >= 0.6 is 11.8 Å². The van der Waals surface area contributed by atoms with E-state index in [1.54, 1.807) is 24.2 Å². The number of aryl methyl sites for hydroxylation is 1. The van der Waals surface area contributed by atoms with E-state index in [1.807, 2.05) is 36.4 Å². The molecule has 2 N–H and O–H groups in total. The Morgan fingerprint density at radius 2 is 1.86 bits per heavy atom. The molecule has 2 heterocycles. The van der Waals surface area contributed by atoms with Crippen LogP contribution in [-0.2, 0) is 5.75 Å². The highest BCUT2D eigenvalue weighted by molar-refractivity contribution is 7.98. The monoisotopic (exact) mass is 297 g/mol. The van der Waals surface area contributed by atoms with Gasteiger partial charge in [0.15, 0.2) is 5.16 Å². The summed E-state index contributed by atoms with van der Waals surface area (Å²) in [5.74, 6) is 1.41. The fourth-order valence-electron chi connectivity index (χ4n) is 1.76. The normalized spacial score (nSPS) is 10.5. The van der Waals surface area contributed by atoms with Crippen molar-refractivity contribution in [3.05, 3.63) is 59.9 Å². The van der Waals surface area contributed by atoms with Gasteiger partial charge in [-0.15, -0.1) is 5.10 Å².